The maximum atomic E-state index is 12.4. The Morgan fingerprint density at radius 1 is 1.00 bits per heavy atom. The zero-order valence-electron chi connectivity index (χ0n) is 13.4. The fourth-order valence-corrected chi connectivity index (χ4v) is 3.58. The Bertz CT molecular complexity index is 858. The number of hydrogen-bond acceptors (Lipinski definition) is 3. The standard InChI is InChI=1S/C19H20N2OS/c1-3-14-4-8-16(9-5-14)18-13(2)23-19(22)21(18)12-15-6-10-17(20)11-7-15/h4-11H,3,12,20H2,1-2H3. The monoisotopic (exact) mass is 324 g/mol. The molecule has 23 heavy (non-hydrogen) atoms. The fraction of sp³-hybridized carbons (Fsp3) is 0.211. The summed E-state index contributed by atoms with van der Waals surface area (Å²) in [6.07, 6.45) is 1.02. The summed E-state index contributed by atoms with van der Waals surface area (Å²) < 4.78 is 1.85. The van der Waals surface area contributed by atoms with E-state index in [1.54, 1.807) is 0 Å². The molecule has 0 aliphatic carbocycles. The molecule has 3 rings (SSSR count). The minimum absolute atomic E-state index is 0.0777. The van der Waals surface area contributed by atoms with Crippen LogP contribution in [0.4, 0.5) is 5.69 Å². The largest absolute Gasteiger partial charge is 0.399 e. The zero-order valence-corrected chi connectivity index (χ0v) is 14.2. The Hall–Kier alpha value is -2.33. The average molecular weight is 324 g/mol. The second-order valence-electron chi connectivity index (χ2n) is 5.65. The van der Waals surface area contributed by atoms with E-state index >= 15 is 0 Å². The second-order valence-corrected chi connectivity index (χ2v) is 6.82. The normalized spacial score (nSPS) is 10.9. The number of aromatic nitrogens is 1. The van der Waals surface area contributed by atoms with E-state index in [0.717, 1.165) is 33.8 Å². The minimum Gasteiger partial charge on any atom is -0.399 e. The lowest BCUT2D eigenvalue weighted by atomic mass is 10.1. The number of benzene rings is 2. The van der Waals surface area contributed by atoms with Crippen LogP contribution in [0.3, 0.4) is 0 Å². The van der Waals surface area contributed by atoms with E-state index in [2.05, 4.69) is 31.2 Å². The number of nitrogen functional groups attached to an aromatic ring is 1. The lowest BCUT2D eigenvalue weighted by molar-refractivity contribution is 0.790. The number of hydrogen-bond donors (Lipinski definition) is 1. The molecule has 0 bridgehead atoms. The zero-order chi connectivity index (χ0) is 16.4. The molecule has 3 nitrogen and oxygen atoms in total. The molecule has 2 N–H and O–H groups in total. The minimum atomic E-state index is 0.0777. The summed E-state index contributed by atoms with van der Waals surface area (Å²) in [5.41, 5.74) is 10.9. The number of thiazole rings is 1. The number of aryl methyl sites for hydroxylation is 2. The third-order valence-electron chi connectivity index (χ3n) is 4.02. The van der Waals surface area contributed by atoms with Crippen LogP contribution in [0.2, 0.25) is 0 Å². The maximum absolute atomic E-state index is 12.4. The van der Waals surface area contributed by atoms with E-state index in [9.17, 15) is 4.79 Å². The van der Waals surface area contributed by atoms with Crippen LogP contribution < -0.4 is 10.6 Å². The van der Waals surface area contributed by atoms with Gasteiger partial charge in [-0.1, -0.05) is 54.7 Å². The van der Waals surface area contributed by atoms with E-state index in [4.69, 9.17) is 5.73 Å². The summed E-state index contributed by atoms with van der Waals surface area (Å²) in [6, 6.07) is 16.1. The van der Waals surface area contributed by atoms with Crippen LogP contribution in [0.1, 0.15) is 22.9 Å². The molecular weight excluding hydrogens is 304 g/mol. The molecule has 118 valence electrons. The summed E-state index contributed by atoms with van der Waals surface area (Å²) in [6.45, 7) is 4.71. The van der Waals surface area contributed by atoms with Gasteiger partial charge in [-0.3, -0.25) is 9.36 Å². The van der Waals surface area contributed by atoms with Gasteiger partial charge in [0.2, 0.25) is 0 Å². The molecule has 0 saturated heterocycles. The highest BCUT2D eigenvalue weighted by Gasteiger charge is 2.14. The number of nitrogens with zero attached hydrogens (tertiary/aromatic N) is 1. The molecule has 0 unspecified atom stereocenters. The Morgan fingerprint density at radius 3 is 2.22 bits per heavy atom. The van der Waals surface area contributed by atoms with Crippen molar-refractivity contribution >= 4 is 17.0 Å². The predicted octanol–water partition coefficient (Wildman–Crippen LogP) is 4.08. The molecule has 0 aliphatic rings. The van der Waals surface area contributed by atoms with Gasteiger partial charge in [0.05, 0.1) is 12.2 Å². The molecule has 1 aromatic heterocycles. The fourth-order valence-electron chi connectivity index (χ4n) is 2.72. The van der Waals surface area contributed by atoms with Gasteiger partial charge in [0.1, 0.15) is 0 Å². The van der Waals surface area contributed by atoms with Gasteiger partial charge in [-0.2, -0.15) is 0 Å². The molecule has 1 heterocycles. The van der Waals surface area contributed by atoms with Crippen molar-refractivity contribution in [3.63, 3.8) is 0 Å². The molecule has 0 atom stereocenters. The highest BCUT2D eigenvalue weighted by Crippen LogP contribution is 2.26. The van der Waals surface area contributed by atoms with Crippen molar-refractivity contribution in [1.82, 2.24) is 4.57 Å². The van der Waals surface area contributed by atoms with Crippen LogP contribution in [-0.2, 0) is 13.0 Å². The van der Waals surface area contributed by atoms with Crippen LogP contribution >= 0.6 is 11.3 Å². The highest BCUT2D eigenvalue weighted by atomic mass is 32.1. The Labute approximate surface area is 140 Å². The summed E-state index contributed by atoms with van der Waals surface area (Å²) in [7, 11) is 0. The van der Waals surface area contributed by atoms with Gasteiger partial charge < -0.3 is 5.73 Å². The van der Waals surface area contributed by atoms with Crippen molar-refractivity contribution in [2.45, 2.75) is 26.8 Å². The molecule has 3 aromatic rings. The lowest BCUT2D eigenvalue weighted by Crippen LogP contribution is -2.15. The van der Waals surface area contributed by atoms with Crippen LogP contribution in [0.15, 0.2) is 53.3 Å². The highest BCUT2D eigenvalue weighted by molar-refractivity contribution is 7.09. The first-order chi connectivity index (χ1) is 11.1. The molecule has 4 heteroatoms. The van der Waals surface area contributed by atoms with Gasteiger partial charge in [0.15, 0.2) is 0 Å². The van der Waals surface area contributed by atoms with E-state index < -0.39 is 0 Å². The van der Waals surface area contributed by atoms with Gasteiger partial charge in [-0.15, -0.1) is 0 Å². The van der Waals surface area contributed by atoms with Gasteiger partial charge in [0.25, 0.3) is 0 Å². The van der Waals surface area contributed by atoms with E-state index in [0.29, 0.717) is 6.54 Å². The van der Waals surface area contributed by atoms with Crippen molar-refractivity contribution in [3.05, 3.63) is 74.2 Å². The maximum Gasteiger partial charge on any atom is 0.308 e. The van der Waals surface area contributed by atoms with Gasteiger partial charge in [-0.25, -0.2) is 0 Å². The molecule has 0 aliphatic heterocycles. The number of anilines is 1. The Balaban J connectivity index is 2.03. The van der Waals surface area contributed by atoms with E-state index in [1.807, 2.05) is 35.8 Å². The second kappa shape index (κ2) is 6.42. The van der Waals surface area contributed by atoms with Crippen LogP contribution in [-0.4, -0.2) is 4.57 Å². The first-order valence-corrected chi connectivity index (χ1v) is 8.54. The topological polar surface area (TPSA) is 48.0 Å². The van der Waals surface area contributed by atoms with Crippen molar-refractivity contribution in [2.24, 2.45) is 0 Å². The van der Waals surface area contributed by atoms with Crippen LogP contribution in [0, 0.1) is 6.92 Å². The summed E-state index contributed by atoms with van der Waals surface area (Å²) >= 11 is 1.31. The molecule has 2 aromatic carbocycles. The third kappa shape index (κ3) is 3.22. The number of nitrogens with two attached hydrogens (primary N) is 1. The van der Waals surface area contributed by atoms with Gasteiger partial charge in [0, 0.05) is 10.6 Å². The van der Waals surface area contributed by atoms with Crippen molar-refractivity contribution in [1.29, 1.82) is 0 Å². The molecule has 0 fully saturated rings. The van der Waals surface area contributed by atoms with Gasteiger partial charge in [-0.05, 0) is 42.2 Å². The van der Waals surface area contributed by atoms with Crippen LogP contribution in [0.25, 0.3) is 11.3 Å². The smallest absolute Gasteiger partial charge is 0.308 e. The van der Waals surface area contributed by atoms with Crippen molar-refractivity contribution in [2.75, 3.05) is 5.73 Å². The third-order valence-corrected chi connectivity index (χ3v) is 4.91. The molecule has 0 saturated carbocycles. The van der Waals surface area contributed by atoms with E-state index in [-0.39, 0.29) is 4.87 Å². The molecule has 0 radical (unpaired) electrons. The van der Waals surface area contributed by atoms with E-state index in [1.165, 1.54) is 16.9 Å². The quantitative estimate of drug-likeness (QED) is 0.735. The Kier molecular flexibility index (Phi) is 4.35. The first kappa shape index (κ1) is 15.6. The number of rotatable bonds is 4. The average Bonchev–Trinajstić information content (AvgIpc) is 2.83. The lowest BCUT2D eigenvalue weighted by Gasteiger charge is -2.10. The van der Waals surface area contributed by atoms with Crippen molar-refractivity contribution in [3.8, 4) is 11.3 Å². The molecular formula is C19H20N2OS. The molecule has 0 spiro atoms. The summed E-state index contributed by atoms with van der Waals surface area (Å²) in [4.78, 5) is 13.5. The predicted molar refractivity (Wildman–Crippen MR) is 98.1 cm³/mol. The summed E-state index contributed by atoms with van der Waals surface area (Å²) in [5, 5.41) is 0. The molecule has 0 amide bonds. The first-order valence-electron chi connectivity index (χ1n) is 7.72. The summed E-state index contributed by atoms with van der Waals surface area (Å²) in [5.74, 6) is 0. The van der Waals surface area contributed by atoms with Crippen LogP contribution in [0.5, 0.6) is 0 Å². The Morgan fingerprint density at radius 2 is 1.61 bits per heavy atom. The van der Waals surface area contributed by atoms with Gasteiger partial charge >= 0.3 is 4.87 Å². The van der Waals surface area contributed by atoms with Crippen molar-refractivity contribution < 1.29 is 0 Å². The SMILES string of the molecule is CCc1ccc(-c2c(C)sc(=O)n2Cc2ccc(N)cc2)cc1.